The molecule has 1 aromatic heterocycles. The SMILES string of the molecule is Cc1cc(C)n(C(C)C)c(=O)c1CCl. The van der Waals surface area contributed by atoms with Crippen molar-refractivity contribution in [2.24, 2.45) is 0 Å². The van der Waals surface area contributed by atoms with Crippen molar-refractivity contribution in [3.8, 4) is 0 Å². The predicted octanol–water partition coefficient (Wildman–Crippen LogP) is 2.78. The van der Waals surface area contributed by atoms with Gasteiger partial charge in [0.25, 0.3) is 5.56 Å². The Morgan fingerprint density at radius 3 is 2.43 bits per heavy atom. The third-order valence-corrected chi connectivity index (χ3v) is 2.68. The summed E-state index contributed by atoms with van der Waals surface area (Å²) in [5.74, 6) is 0.289. The molecule has 0 aliphatic carbocycles. The van der Waals surface area contributed by atoms with Gasteiger partial charge in [-0.3, -0.25) is 4.79 Å². The lowest BCUT2D eigenvalue weighted by Crippen LogP contribution is -2.27. The largest absolute Gasteiger partial charge is 0.310 e. The van der Waals surface area contributed by atoms with E-state index < -0.39 is 0 Å². The smallest absolute Gasteiger partial charge is 0.255 e. The van der Waals surface area contributed by atoms with E-state index in [9.17, 15) is 4.79 Å². The molecule has 0 N–H and O–H groups in total. The molecule has 1 heterocycles. The zero-order valence-corrected chi connectivity index (χ0v) is 9.85. The molecule has 2 nitrogen and oxygen atoms in total. The molecular formula is C11H16ClNO. The summed E-state index contributed by atoms with van der Waals surface area (Å²) >= 11 is 5.75. The number of alkyl halides is 1. The van der Waals surface area contributed by atoms with E-state index in [1.54, 1.807) is 4.57 Å². The molecule has 0 aliphatic heterocycles. The fourth-order valence-corrected chi connectivity index (χ4v) is 2.07. The fraction of sp³-hybridized carbons (Fsp3) is 0.545. The van der Waals surface area contributed by atoms with E-state index in [0.717, 1.165) is 11.3 Å². The third kappa shape index (κ3) is 1.85. The molecule has 0 aliphatic rings. The van der Waals surface area contributed by atoms with Crippen LogP contribution >= 0.6 is 11.6 Å². The van der Waals surface area contributed by atoms with Gasteiger partial charge in [-0.1, -0.05) is 0 Å². The van der Waals surface area contributed by atoms with E-state index in [0.29, 0.717) is 5.56 Å². The van der Waals surface area contributed by atoms with E-state index in [-0.39, 0.29) is 17.5 Å². The quantitative estimate of drug-likeness (QED) is 0.693. The summed E-state index contributed by atoms with van der Waals surface area (Å²) in [6.45, 7) is 7.88. The highest BCUT2D eigenvalue weighted by Gasteiger charge is 2.10. The van der Waals surface area contributed by atoms with Crippen LogP contribution in [0.1, 0.15) is 36.7 Å². The maximum absolute atomic E-state index is 12.0. The van der Waals surface area contributed by atoms with Crippen molar-refractivity contribution >= 4 is 11.6 Å². The molecule has 0 saturated carbocycles. The number of aromatic nitrogens is 1. The van der Waals surface area contributed by atoms with Crippen molar-refractivity contribution < 1.29 is 0 Å². The summed E-state index contributed by atoms with van der Waals surface area (Å²) in [6.07, 6.45) is 0. The highest BCUT2D eigenvalue weighted by molar-refractivity contribution is 6.17. The molecule has 0 spiro atoms. The van der Waals surface area contributed by atoms with Gasteiger partial charge in [0.15, 0.2) is 0 Å². The first kappa shape index (κ1) is 11.3. The van der Waals surface area contributed by atoms with Crippen molar-refractivity contribution in [2.75, 3.05) is 0 Å². The maximum atomic E-state index is 12.0. The number of halogens is 1. The molecule has 0 atom stereocenters. The van der Waals surface area contributed by atoms with Gasteiger partial charge >= 0.3 is 0 Å². The van der Waals surface area contributed by atoms with Crippen LogP contribution in [0.25, 0.3) is 0 Å². The molecule has 0 fully saturated rings. The molecule has 0 amide bonds. The number of hydrogen-bond acceptors (Lipinski definition) is 1. The molecule has 0 bridgehead atoms. The topological polar surface area (TPSA) is 22.0 Å². The van der Waals surface area contributed by atoms with Crippen LogP contribution in [0.4, 0.5) is 0 Å². The van der Waals surface area contributed by atoms with E-state index in [1.165, 1.54) is 0 Å². The number of pyridine rings is 1. The second-order valence-corrected chi connectivity index (χ2v) is 4.12. The summed E-state index contributed by atoms with van der Waals surface area (Å²) in [7, 11) is 0. The van der Waals surface area contributed by atoms with Gasteiger partial charge in [0.05, 0.1) is 5.88 Å². The molecule has 14 heavy (non-hydrogen) atoms. The molecule has 0 unspecified atom stereocenters. The van der Waals surface area contributed by atoms with Gasteiger partial charge in [0, 0.05) is 17.3 Å². The fourth-order valence-electron chi connectivity index (χ4n) is 1.75. The first-order chi connectivity index (χ1) is 6.49. The number of aryl methyl sites for hydroxylation is 2. The Labute approximate surface area is 89.5 Å². The summed E-state index contributed by atoms with van der Waals surface area (Å²) in [5.41, 5.74) is 2.74. The average Bonchev–Trinajstić information content (AvgIpc) is 2.02. The van der Waals surface area contributed by atoms with Gasteiger partial charge in [-0.15, -0.1) is 11.6 Å². The Bertz CT molecular complexity index is 393. The Morgan fingerprint density at radius 2 is 2.00 bits per heavy atom. The second kappa shape index (κ2) is 4.18. The van der Waals surface area contributed by atoms with Crippen LogP contribution in [0, 0.1) is 13.8 Å². The molecule has 0 saturated heterocycles. The van der Waals surface area contributed by atoms with Crippen molar-refractivity contribution in [2.45, 2.75) is 39.6 Å². The van der Waals surface area contributed by atoms with Gasteiger partial charge in [-0.2, -0.15) is 0 Å². The van der Waals surface area contributed by atoms with Gasteiger partial charge in [0.1, 0.15) is 0 Å². The molecule has 3 heteroatoms. The molecule has 0 radical (unpaired) electrons. The lowest BCUT2D eigenvalue weighted by Gasteiger charge is -2.16. The minimum atomic E-state index is 0.0486. The normalized spacial score (nSPS) is 11.0. The van der Waals surface area contributed by atoms with Crippen molar-refractivity contribution in [1.82, 2.24) is 4.57 Å². The molecule has 1 rings (SSSR count). The van der Waals surface area contributed by atoms with E-state index >= 15 is 0 Å². The lowest BCUT2D eigenvalue weighted by molar-refractivity contribution is 0.558. The molecule has 78 valence electrons. The Balaban J connectivity index is 3.53. The highest BCUT2D eigenvalue weighted by atomic mass is 35.5. The van der Waals surface area contributed by atoms with Crippen LogP contribution < -0.4 is 5.56 Å². The molecule has 1 aromatic rings. The zero-order chi connectivity index (χ0) is 10.9. The van der Waals surface area contributed by atoms with Crippen LogP contribution in [0.5, 0.6) is 0 Å². The van der Waals surface area contributed by atoms with Gasteiger partial charge in [-0.05, 0) is 39.3 Å². The first-order valence-electron chi connectivity index (χ1n) is 4.76. The van der Waals surface area contributed by atoms with Crippen LogP contribution in [-0.4, -0.2) is 4.57 Å². The Morgan fingerprint density at radius 1 is 1.43 bits per heavy atom. The van der Waals surface area contributed by atoms with Crippen LogP contribution in [0.3, 0.4) is 0 Å². The summed E-state index contributed by atoms with van der Waals surface area (Å²) in [4.78, 5) is 12.0. The van der Waals surface area contributed by atoms with E-state index in [1.807, 2.05) is 33.8 Å². The second-order valence-electron chi connectivity index (χ2n) is 3.85. The minimum Gasteiger partial charge on any atom is -0.310 e. The van der Waals surface area contributed by atoms with Crippen LogP contribution in [0.2, 0.25) is 0 Å². The van der Waals surface area contributed by atoms with E-state index in [2.05, 4.69) is 0 Å². The van der Waals surface area contributed by atoms with Gasteiger partial charge < -0.3 is 4.57 Å². The number of rotatable bonds is 2. The zero-order valence-electron chi connectivity index (χ0n) is 9.10. The summed E-state index contributed by atoms with van der Waals surface area (Å²) < 4.78 is 1.78. The third-order valence-electron chi connectivity index (χ3n) is 2.41. The first-order valence-corrected chi connectivity index (χ1v) is 5.30. The molecule has 0 aromatic carbocycles. The maximum Gasteiger partial charge on any atom is 0.255 e. The average molecular weight is 214 g/mol. The minimum absolute atomic E-state index is 0.0486. The summed E-state index contributed by atoms with van der Waals surface area (Å²) in [5, 5.41) is 0. The molecular weight excluding hydrogens is 198 g/mol. The lowest BCUT2D eigenvalue weighted by atomic mass is 10.1. The summed E-state index contributed by atoms with van der Waals surface area (Å²) in [6, 6.07) is 2.20. The Hall–Kier alpha value is -0.760. The highest BCUT2D eigenvalue weighted by Crippen LogP contribution is 2.12. The van der Waals surface area contributed by atoms with Crippen LogP contribution in [-0.2, 0) is 5.88 Å². The van der Waals surface area contributed by atoms with Crippen molar-refractivity contribution in [3.05, 3.63) is 33.2 Å². The standard InChI is InChI=1S/C11H16ClNO/c1-7(2)13-9(4)5-8(3)10(6-12)11(13)14/h5,7H,6H2,1-4H3. The Kier molecular flexibility index (Phi) is 3.38. The van der Waals surface area contributed by atoms with Gasteiger partial charge in [0.2, 0.25) is 0 Å². The predicted molar refractivity (Wildman–Crippen MR) is 60.1 cm³/mol. The number of nitrogens with zero attached hydrogens (tertiary/aromatic N) is 1. The number of hydrogen-bond donors (Lipinski definition) is 0. The van der Waals surface area contributed by atoms with Crippen molar-refractivity contribution in [3.63, 3.8) is 0 Å². The van der Waals surface area contributed by atoms with Gasteiger partial charge in [-0.25, -0.2) is 0 Å². The monoisotopic (exact) mass is 213 g/mol. The van der Waals surface area contributed by atoms with E-state index in [4.69, 9.17) is 11.6 Å². The van der Waals surface area contributed by atoms with Crippen molar-refractivity contribution in [1.29, 1.82) is 0 Å². The van der Waals surface area contributed by atoms with Crippen LogP contribution in [0.15, 0.2) is 10.9 Å².